The average molecular weight is 296 g/mol. The lowest BCUT2D eigenvalue weighted by Crippen LogP contribution is -2.03. The van der Waals surface area contributed by atoms with Crippen LogP contribution in [0.4, 0.5) is 0 Å². The van der Waals surface area contributed by atoms with Gasteiger partial charge in [0.05, 0.1) is 16.3 Å². The Balaban J connectivity index is 1.87. The number of pyridine rings is 1. The quantitative estimate of drug-likeness (QED) is 0.800. The lowest BCUT2D eigenvalue weighted by atomic mass is 10.1. The number of carboxylic acid groups (broad SMARTS) is 1. The van der Waals surface area contributed by atoms with Gasteiger partial charge < -0.3 is 5.11 Å². The van der Waals surface area contributed by atoms with Crippen molar-refractivity contribution in [2.75, 3.05) is 0 Å². The predicted molar refractivity (Wildman–Crippen MR) is 81.6 cm³/mol. The summed E-state index contributed by atoms with van der Waals surface area (Å²) in [5.41, 5.74) is 2.93. The molecule has 0 saturated carbocycles. The summed E-state index contributed by atoms with van der Waals surface area (Å²) in [5.74, 6) is -0.938. The molecule has 0 fully saturated rings. The summed E-state index contributed by atoms with van der Waals surface area (Å²) in [7, 11) is 0. The molecule has 5 heteroatoms. The van der Waals surface area contributed by atoms with Crippen molar-refractivity contribution in [3.63, 3.8) is 0 Å². The van der Waals surface area contributed by atoms with Crippen LogP contribution in [-0.4, -0.2) is 21.0 Å². The minimum absolute atomic E-state index is 0.279. The van der Waals surface area contributed by atoms with E-state index < -0.39 is 5.97 Å². The lowest BCUT2D eigenvalue weighted by molar-refractivity contribution is 0.0695. The van der Waals surface area contributed by atoms with Gasteiger partial charge >= 0.3 is 5.97 Å². The van der Waals surface area contributed by atoms with Crippen LogP contribution in [-0.2, 0) is 6.42 Å². The second kappa shape index (κ2) is 5.85. The van der Waals surface area contributed by atoms with Gasteiger partial charge in [0.15, 0.2) is 0 Å². The number of aromatic nitrogens is 2. The summed E-state index contributed by atoms with van der Waals surface area (Å²) < 4.78 is 0. The third-order valence-corrected chi connectivity index (χ3v) is 3.95. The summed E-state index contributed by atoms with van der Waals surface area (Å²) in [5, 5.41) is 12.0. The summed E-state index contributed by atoms with van der Waals surface area (Å²) in [6, 6.07) is 11.4. The van der Waals surface area contributed by atoms with E-state index in [0.717, 1.165) is 16.3 Å². The summed E-state index contributed by atoms with van der Waals surface area (Å²) in [6.07, 6.45) is 3.56. The monoisotopic (exact) mass is 296 g/mol. The molecule has 0 atom stereocenters. The predicted octanol–water partition coefficient (Wildman–Crippen LogP) is 3.49. The number of aromatic carboxylic acids is 1. The molecule has 3 aromatic rings. The molecule has 3 rings (SSSR count). The second-order valence-electron chi connectivity index (χ2n) is 4.51. The minimum Gasteiger partial charge on any atom is -0.478 e. The minimum atomic E-state index is -0.938. The van der Waals surface area contributed by atoms with E-state index in [9.17, 15) is 9.90 Å². The molecular weight excluding hydrogens is 284 g/mol. The van der Waals surface area contributed by atoms with Crippen molar-refractivity contribution in [3.05, 3.63) is 70.3 Å². The lowest BCUT2D eigenvalue weighted by Gasteiger charge is -2.02. The van der Waals surface area contributed by atoms with Crippen LogP contribution in [0.15, 0.2) is 54.2 Å². The molecule has 2 heterocycles. The van der Waals surface area contributed by atoms with Crippen LogP contribution < -0.4 is 0 Å². The number of hydrogen-bond acceptors (Lipinski definition) is 4. The topological polar surface area (TPSA) is 63.1 Å². The number of carbonyl (C=O) groups is 1. The van der Waals surface area contributed by atoms with Crippen LogP contribution in [0.5, 0.6) is 0 Å². The van der Waals surface area contributed by atoms with Gasteiger partial charge in [-0.3, -0.25) is 4.98 Å². The maximum Gasteiger partial charge on any atom is 0.336 e. The number of hydrogen-bond donors (Lipinski definition) is 1. The molecule has 2 aromatic heterocycles. The van der Waals surface area contributed by atoms with E-state index in [-0.39, 0.29) is 5.56 Å². The molecule has 0 bridgehead atoms. The average Bonchev–Trinajstić information content (AvgIpc) is 2.97. The van der Waals surface area contributed by atoms with Gasteiger partial charge in [0.2, 0.25) is 0 Å². The SMILES string of the molecule is O=C(O)c1ccncc1Cc1nc(-c2ccccc2)cs1. The van der Waals surface area contributed by atoms with E-state index >= 15 is 0 Å². The fraction of sp³-hybridized carbons (Fsp3) is 0.0625. The van der Waals surface area contributed by atoms with E-state index in [1.807, 2.05) is 35.7 Å². The molecule has 0 unspecified atom stereocenters. The Kier molecular flexibility index (Phi) is 3.75. The first kappa shape index (κ1) is 13.5. The zero-order valence-corrected chi connectivity index (χ0v) is 11.9. The second-order valence-corrected chi connectivity index (χ2v) is 5.45. The smallest absolute Gasteiger partial charge is 0.336 e. The highest BCUT2D eigenvalue weighted by Crippen LogP contribution is 2.23. The van der Waals surface area contributed by atoms with Gasteiger partial charge in [-0.1, -0.05) is 30.3 Å². The Hall–Kier alpha value is -2.53. The van der Waals surface area contributed by atoms with Crippen LogP contribution in [0.2, 0.25) is 0 Å². The molecule has 4 nitrogen and oxygen atoms in total. The van der Waals surface area contributed by atoms with Crippen LogP contribution >= 0.6 is 11.3 Å². The van der Waals surface area contributed by atoms with Crippen LogP contribution in [0.1, 0.15) is 20.9 Å². The molecule has 1 N–H and O–H groups in total. The Bertz CT molecular complexity index is 769. The molecule has 104 valence electrons. The fourth-order valence-electron chi connectivity index (χ4n) is 2.07. The summed E-state index contributed by atoms with van der Waals surface area (Å²) in [4.78, 5) is 19.8. The molecule has 0 radical (unpaired) electrons. The molecule has 0 aliphatic carbocycles. The molecular formula is C16H12N2O2S. The Morgan fingerprint density at radius 2 is 2.00 bits per heavy atom. The van der Waals surface area contributed by atoms with E-state index in [1.165, 1.54) is 23.6 Å². The normalized spacial score (nSPS) is 10.5. The summed E-state index contributed by atoms with van der Waals surface area (Å²) >= 11 is 1.53. The third-order valence-electron chi connectivity index (χ3n) is 3.10. The van der Waals surface area contributed by atoms with E-state index in [1.54, 1.807) is 6.20 Å². The zero-order chi connectivity index (χ0) is 14.7. The van der Waals surface area contributed by atoms with Gasteiger partial charge in [0, 0.05) is 29.8 Å². The summed E-state index contributed by atoms with van der Waals surface area (Å²) in [6.45, 7) is 0. The maximum atomic E-state index is 11.2. The standard InChI is InChI=1S/C16H12N2O2S/c19-16(20)13-6-7-17-9-12(13)8-15-18-14(10-21-15)11-4-2-1-3-5-11/h1-7,9-10H,8H2,(H,19,20). The molecule has 0 aliphatic rings. The molecule has 0 aliphatic heterocycles. The van der Waals surface area contributed by atoms with Gasteiger partial charge in [-0.05, 0) is 11.6 Å². The molecule has 0 saturated heterocycles. The number of benzene rings is 1. The van der Waals surface area contributed by atoms with Crippen molar-refractivity contribution in [2.45, 2.75) is 6.42 Å². The van der Waals surface area contributed by atoms with E-state index in [2.05, 4.69) is 9.97 Å². The highest BCUT2D eigenvalue weighted by atomic mass is 32.1. The first-order chi connectivity index (χ1) is 10.2. The van der Waals surface area contributed by atoms with Crippen molar-refractivity contribution in [3.8, 4) is 11.3 Å². The number of carboxylic acids is 1. The highest BCUT2D eigenvalue weighted by Gasteiger charge is 2.12. The van der Waals surface area contributed by atoms with Gasteiger partial charge in [-0.2, -0.15) is 0 Å². The number of rotatable bonds is 4. The number of nitrogens with zero attached hydrogens (tertiary/aromatic N) is 2. The van der Waals surface area contributed by atoms with Crippen molar-refractivity contribution in [2.24, 2.45) is 0 Å². The fourth-order valence-corrected chi connectivity index (χ4v) is 2.90. The van der Waals surface area contributed by atoms with Gasteiger partial charge in [0.1, 0.15) is 0 Å². The Labute approximate surface area is 125 Å². The number of thiazole rings is 1. The first-order valence-electron chi connectivity index (χ1n) is 6.40. The molecule has 1 aromatic carbocycles. The van der Waals surface area contributed by atoms with Crippen molar-refractivity contribution < 1.29 is 9.90 Å². The zero-order valence-electron chi connectivity index (χ0n) is 11.1. The Morgan fingerprint density at radius 3 is 2.76 bits per heavy atom. The molecule has 0 spiro atoms. The molecule has 21 heavy (non-hydrogen) atoms. The first-order valence-corrected chi connectivity index (χ1v) is 7.28. The van der Waals surface area contributed by atoms with E-state index in [0.29, 0.717) is 12.0 Å². The largest absolute Gasteiger partial charge is 0.478 e. The van der Waals surface area contributed by atoms with Crippen molar-refractivity contribution in [1.82, 2.24) is 9.97 Å². The van der Waals surface area contributed by atoms with E-state index in [4.69, 9.17) is 0 Å². The highest BCUT2D eigenvalue weighted by molar-refractivity contribution is 7.10. The Morgan fingerprint density at radius 1 is 1.19 bits per heavy atom. The molecule has 0 amide bonds. The van der Waals surface area contributed by atoms with Crippen LogP contribution in [0, 0.1) is 0 Å². The van der Waals surface area contributed by atoms with Crippen LogP contribution in [0.25, 0.3) is 11.3 Å². The maximum absolute atomic E-state index is 11.2. The van der Waals surface area contributed by atoms with Gasteiger partial charge in [-0.15, -0.1) is 11.3 Å². The van der Waals surface area contributed by atoms with Crippen LogP contribution in [0.3, 0.4) is 0 Å². The van der Waals surface area contributed by atoms with Crippen molar-refractivity contribution in [1.29, 1.82) is 0 Å². The van der Waals surface area contributed by atoms with Crippen molar-refractivity contribution >= 4 is 17.3 Å². The third kappa shape index (κ3) is 2.98. The van der Waals surface area contributed by atoms with Gasteiger partial charge in [-0.25, -0.2) is 9.78 Å². The van der Waals surface area contributed by atoms with Gasteiger partial charge in [0.25, 0.3) is 0 Å².